The van der Waals surface area contributed by atoms with Crippen LogP contribution in [0.5, 0.6) is 17.4 Å². The summed E-state index contributed by atoms with van der Waals surface area (Å²) in [5, 5.41) is 7.64. The second-order valence-electron chi connectivity index (χ2n) is 14.1. The molecule has 0 aliphatic carbocycles. The lowest BCUT2D eigenvalue weighted by molar-refractivity contribution is -0.126. The van der Waals surface area contributed by atoms with Gasteiger partial charge in [0.25, 0.3) is 0 Å². The van der Waals surface area contributed by atoms with E-state index in [1.807, 2.05) is 30.0 Å². The lowest BCUT2D eigenvalue weighted by Gasteiger charge is -2.32. The Kier molecular flexibility index (Phi) is 16.3. The molecule has 290 valence electrons. The van der Waals surface area contributed by atoms with Gasteiger partial charge >= 0.3 is 0 Å². The zero-order valence-corrected chi connectivity index (χ0v) is 34.3. The number of carbonyl (C=O) groups is 1. The minimum absolute atomic E-state index is 0. The minimum Gasteiger partial charge on any atom is -0.487 e. The zero-order valence-electron chi connectivity index (χ0n) is 31.9. The molecule has 0 unspecified atom stereocenters. The smallest absolute Gasteiger partial charge is 0.246 e. The van der Waals surface area contributed by atoms with E-state index >= 15 is 0 Å². The zero-order chi connectivity index (χ0) is 37.2. The fourth-order valence-corrected chi connectivity index (χ4v) is 6.62. The second kappa shape index (κ2) is 20.8. The van der Waals surface area contributed by atoms with Crippen LogP contribution in [0.3, 0.4) is 0 Å². The summed E-state index contributed by atoms with van der Waals surface area (Å²) >= 11 is 6.64. The van der Waals surface area contributed by atoms with Gasteiger partial charge in [-0.25, -0.2) is 4.98 Å². The van der Waals surface area contributed by atoms with Crippen LogP contribution in [0.15, 0.2) is 109 Å². The second-order valence-corrected chi connectivity index (χ2v) is 14.5. The van der Waals surface area contributed by atoms with Crippen LogP contribution >= 0.6 is 36.4 Å². The molecule has 6 rings (SSSR count). The Hall–Kier alpha value is -4.69. The van der Waals surface area contributed by atoms with E-state index in [0.29, 0.717) is 54.1 Å². The van der Waals surface area contributed by atoms with Gasteiger partial charge in [0.1, 0.15) is 12.4 Å². The van der Waals surface area contributed by atoms with Crippen LogP contribution in [0.4, 0.5) is 11.4 Å². The van der Waals surface area contributed by atoms with Gasteiger partial charge in [0, 0.05) is 49.2 Å². The van der Waals surface area contributed by atoms with Crippen molar-refractivity contribution in [1.29, 1.82) is 0 Å². The number of benzene rings is 4. The molecule has 0 atom stereocenters. The Morgan fingerprint density at radius 2 is 1.56 bits per heavy atom. The van der Waals surface area contributed by atoms with Crippen LogP contribution in [0.1, 0.15) is 66.0 Å². The molecule has 1 aromatic heterocycles. The molecule has 0 bridgehead atoms. The Morgan fingerprint density at radius 3 is 2.20 bits per heavy atom. The van der Waals surface area contributed by atoms with Gasteiger partial charge in [0.15, 0.2) is 5.75 Å². The molecule has 1 aliphatic rings. The molecule has 2 N–H and O–H groups in total. The highest BCUT2D eigenvalue weighted by Crippen LogP contribution is 2.34. The molecule has 1 saturated heterocycles. The van der Waals surface area contributed by atoms with Crippen LogP contribution in [0, 0.1) is 13.8 Å². The number of pyridine rings is 1. The summed E-state index contributed by atoms with van der Waals surface area (Å²) in [5.41, 5.74) is 8.91. The minimum atomic E-state index is 0. The van der Waals surface area contributed by atoms with Crippen LogP contribution < -0.4 is 20.1 Å². The number of amides is 1. The molecule has 0 saturated carbocycles. The van der Waals surface area contributed by atoms with Crippen molar-refractivity contribution in [2.45, 2.75) is 65.5 Å². The number of hydrogen-bond donors (Lipinski definition) is 2. The molecule has 1 fully saturated rings. The van der Waals surface area contributed by atoms with Gasteiger partial charge in [0.2, 0.25) is 11.8 Å². The number of ether oxygens (including phenoxy) is 2. The van der Waals surface area contributed by atoms with Gasteiger partial charge in [0.05, 0.1) is 11.2 Å². The maximum atomic E-state index is 13.1. The van der Waals surface area contributed by atoms with Gasteiger partial charge in [-0.05, 0) is 115 Å². The molecule has 7 nitrogen and oxygen atoms in total. The number of nitrogens with one attached hydrogen (secondary N) is 2. The van der Waals surface area contributed by atoms with Gasteiger partial charge in [-0.3, -0.25) is 4.79 Å². The predicted octanol–water partition coefficient (Wildman–Crippen LogP) is 11.5. The summed E-state index contributed by atoms with van der Waals surface area (Å²) < 4.78 is 11.9. The van der Waals surface area contributed by atoms with Crippen molar-refractivity contribution >= 4 is 59.8 Å². The molecule has 1 amide bonds. The summed E-state index contributed by atoms with van der Waals surface area (Å²) in [6, 6.07) is 33.3. The van der Waals surface area contributed by atoms with E-state index in [1.54, 1.807) is 24.4 Å². The van der Waals surface area contributed by atoms with Gasteiger partial charge in [-0.15, -0.1) is 24.8 Å². The molecule has 2 heterocycles. The van der Waals surface area contributed by atoms with Crippen molar-refractivity contribution in [3.05, 3.63) is 148 Å². The van der Waals surface area contributed by atoms with Crippen molar-refractivity contribution in [2.75, 3.05) is 30.3 Å². The first-order chi connectivity index (χ1) is 25.7. The van der Waals surface area contributed by atoms with Gasteiger partial charge in [-0.1, -0.05) is 79.5 Å². The maximum Gasteiger partial charge on any atom is 0.246 e. The molecule has 4 aromatic carbocycles. The predicted molar refractivity (Wildman–Crippen MR) is 232 cm³/mol. The summed E-state index contributed by atoms with van der Waals surface area (Å²) in [4.78, 5) is 19.4. The number of aryl methyl sites for hydroxylation is 2. The lowest BCUT2D eigenvalue weighted by atomic mass is 10.0. The quantitative estimate of drug-likeness (QED) is 0.109. The van der Waals surface area contributed by atoms with Crippen molar-refractivity contribution in [2.24, 2.45) is 0 Å². The fourth-order valence-electron chi connectivity index (χ4n) is 6.31. The average Bonchev–Trinajstić information content (AvgIpc) is 3.17. The van der Waals surface area contributed by atoms with Crippen LogP contribution in [0.25, 0.3) is 6.08 Å². The molecule has 55 heavy (non-hydrogen) atoms. The highest BCUT2D eigenvalue weighted by molar-refractivity contribution is 6.32. The number of aromatic nitrogens is 1. The van der Waals surface area contributed by atoms with Crippen molar-refractivity contribution < 1.29 is 14.3 Å². The standard InChI is InChI=1S/C45H49ClN4O3.2ClH/c1-31(2)37-12-16-38(17-13-37)47-24-21-34-9-14-39(15-10-34)49-40-22-25-50(26-23-40)44(51)20-11-36-27-33(4)45(42(46)28-36)53-43-19-18-41(29-48-43)52-30-35-7-5-32(3)6-8-35;;/h5-20,27-29,31,40,47,49H,21-26,30H2,1-4H3;2*1H/b20-11+;;. The third-order valence-corrected chi connectivity index (χ3v) is 9.84. The first-order valence-electron chi connectivity index (χ1n) is 18.5. The first kappa shape index (κ1) is 43.0. The summed E-state index contributed by atoms with van der Waals surface area (Å²) in [7, 11) is 0. The Bertz CT molecular complexity index is 1950. The molecule has 0 radical (unpaired) electrons. The summed E-state index contributed by atoms with van der Waals surface area (Å²) in [5.74, 6) is 2.14. The third kappa shape index (κ3) is 12.7. The lowest BCUT2D eigenvalue weighted by Crippen LogP contribution is -2.41. The van der Waals surface area contributed by atoms with E-state index in [1.165, 1.54) is 16.7 Å². The maximum absolute atomic E-state index is 13.1. The van der Waals surface area contributed by atoms with Crippen LogP contribution in [-0.2, 0) is 17.8 Å². The number of rotatable bonds is 14. The number of nitrogens with zero attached hydrogens (tertiary/aromatic N) is 2. The molecular weight excluding hydrogens is 751 g/mol. The van der Waals surface area contributed by atoms with E-state index in [4.69, 9.17) is 21.1 Å². The fraction of sp³-hybridized carbons (Fsp3) is 0.289. The Morgan fingerprint density at radius 1 is 0.891 bits per heavy atom. The highest BCUT2D eigenvalue weighted by Gasteiger charge is 2.21. The van der Waals surface area contributed by atoms with E-state index < -0.39 is 0 Å². The average molecular weight is 802 g/mol. The van der Waals surface area contributed by atoms with E-state index in [-0.39, 0.29) is 30.7 Å². The number of anilines is 2. The monoisotopic (exact) mass is 800 g/mol. The first-order valence-corrected chi connectivity index (χ1v) is 18.8. The summed E-state index contributed by atoms with van der Waals surface area (Å²) in [6.45, 7) is 11.2. The Balaban J connectivity index is 0.00000336. The van der Waals surface area contributed by atoms with Crippen LogP contribution in [-0.4, -0.2) is 41.5 Å². The SMILES string of the molecule is Cc1ccc(COc2ccc(Oc3c(C)cc(/C=C/C(=O)N4CCC(Nc5ccc(CCNc6ccc(C(C)C)cc6)cc5)CC4)cc3Cl)nc2)cc1.Cl.Cl. The van der Waals surface area contributed by atoms with Crippen molar-refractivity contribution in [1.82, 2.24) is 9.88 Å². The van der Waals surface area contributed by atoms with E-state index in [9.17, 15) is 4.79 Å². The molecule has 0 spiro atoms. The number of hydrogen-bond acceptors (Lipinski definition) is 6. The highest BCUT2D eigenvalue weighted by atomic mass is 35.5. The largest absolute Gasteiger partial charge is 0.487 e. The molecule has 5 aromatic rings. The van der Waals surface area contributed by atoms with E-state index in [0.717, 1.165) is 53.9 Å². The Labute approximate surface area is 343 Å². The van der Waals surface area contributed by atoms with Crippen LogP contribution in [0.2, 0.25) is 5.02 Å². The molecular formula is C45H51Cl3N4O3. The number of halogens is 3. The van der Waals surface area contributed by atoms with Crippen molar-refractivity contribution in [3.63, 3.8) is 0 Å². The molecule has 1 aliphatic heterocycles. The van der Waals surface area contributed by atoms with Crippen molar-refractivity contribution in [3.8, 4) is 17.4 Å². The third-order valence-electron chi connectivity index (χ3n) is 9.56. The number of carbonyl (C=O) groups excluding carboxylic acids is 1. The van der Waals surface area contributed by atoms with Gasteiger partial charge < -0.3 is 25.0 Å². The topological polar surface area (TPSA) is 75.7 Å². The number of piperidine rings is 1. The summed E-state index contributed by atoms with van der Waals surface area (Å²) in [6.07, 6.45) is 7.83. The van der Waals surface area contributed by atoms with Gasteiger partial charge in [-0.2, -0.15) is 0 Å². The normalized spacial score (nSPS) is 12.9. The number of likely N-dealkylation sites (tertiary alicyclic amines) is 1. The molecule has 10 heteroatoms. The van der Waals surface area contributed by atoms with E-state index in [2.05, 4.69) is 109 Å².